The molecule has 41 heavy (non-hydrogen) atoms. The molecule has 9 heteroatoms. The Bertz CT molecular complexity index is 1560. The minimum atomic E-state index is -0.974. The van der Waals surface area contributed by atoms with Crippen LogP contribution in [0.1, 0.15) is 33.2 Å². The van der Waals surface area contributed by atoms with Crippen molar-refractivity contribution in [3.05, 3.63) is 136 Å². The van der Waals surface area contributed by atoms with Crippen molar-refractivity contribution in [1.82, 2.24) is 9.80 Å². The molecule has 0 spiro atoms. The maximum absolute atomic E-state index is 13.9. The van der Waals surface area contributed by atoms with E-state index in [-0.39, 0.29) is 18.0 Å². The van der Waals surface area contributed by atoms with Crippen molar-refractivity contribution in [2.45, 2.75) is 25.2 Å². The highest BCUT2D eigenvalue weighted by Gasteiger charge is 2.48. The molecule has 1 saturated heterocycles. The molecule has 5 rings (SSSR count). The minimum absolute atomic E-state index is 0.118. The lowest BCUT2D eigenvalue weighted by Crippen LogP contribution is -2.46. The van der Waals surface area contributed by atoms with Gasteiger partial charge in [-0.25, -0.2) is 9.18 Å². The van der Waals surface area contributed by atoms with Gasteiger partial charge >= 0.3 is 6.09 Å². The molecule has 0 saturated carbocycles. The van der Waals surface area contributed by atoms with E-state index in [2.05, 4.69) is 5.32 Å². The van der Waals surface area contributed by atoms with Crippen molar-refractivity contribution in [3.8, 4) is 0 Å². The number of halogens is 2. The van der Waals surface area contributed by atoms with Gasteiger partial charge in [0.1, 0.15) is 5.82 Å². The van der Waals surface area contributed by atoms with E-state index >= 15 is 0 Å². The first-order chi connectivity index (χ1) is 19.8. The number of nitrogens with one attached hydrogen (secondary N) is 1. The maximum atomic E-state index is 13.9. The third-order valence-electron chi connectivity index (χ3n) is 6.80. The second kappa shape index (κ2) is 12.2. The zero-order valence-electron chi connectivity index (χ0n) is 22.2. The van der Waals surface area contributed by atoms with E-state index in [1.807, 2.05) is 36.4 Å². The molecule has 7 nitrogen and oxygen atoms in total. The quantitative estimate of drug-likeness (QED) is 0.263. The number of carbonyl (C=O) groups excluding carboxylic acids is 3. The van der Waals surface area contributed by atoms with E-state index in [0.717, 1.165) is 11.1 Å². The first-order valence-electron chi connectivity index (χ1n) is 13.0. The first kappa shape index (κ1) is 27.9. The Kier molecular flexibility index (Phi) is 8.31. The minimum Gasteiger partial charge on any atom is -0.438 e. The molecule has 2 unspecified atom stereocenters. The second-order valence-corrected chi connectivity index (χ2v) is 10.2. The summed E-state index contributed by atoms with van der Waals surface area (Å²) in [5.74, 6) is -1.17. The number of hydrogen-bond donors (Lipinski definition) is 1. The van der Waals surface area contributed by atoms with Crippen molar-refractivity contribution in [3.63, 3.8) is 0 Å². The van der Waals surface area contributed by atoms with Gasteiger partial charge in [0.05, 0.1) is 6.54 Å². The van der Waals surface area contributed by atoms with Crippen LogP contribution in [0.15, 0.2) is 103 Å². The predicted molar refractivity (Wildman–Crippen MR) is 154 cm³/mol. The van der Waals surface area contributed by atoms with Gasteiger partial charge in [-0.3, -0.25) is 14.5 Å². The van der Waals surface area contributed by atoms with E-state index < -0.39 is 30.0 Å². The number of carbonyl (C=O) groups is 3. The number of ether oxygens (including phenoxy) is 1. The third-order valence-corrected chi connectivity index (χ3v) is 7.03. The van der Waals surface area contributed by atoms with E-state index in [1.54, 1.807) is 54.4 Å². The van der Waals surface area contributed by atoms with Crippen LogP contribution in [-0.2, 0) is 22.6 Å². The molecule has 208 valence electrons. The summed E-state index contributed by atoms with van der Waals surface area (Å²) >= 11 is 6.18. The zero-order valence-corrected chi connectivity index (χ0v) is 22.9. The second-order valence-electron chi connectivity index (χ2n) is 9.77. The van der Waals surface area contributed by atoms with Crippen LogP contribution < -0.4 is 5.32 Å². The SMILES string of the molecule is CN(Cc1ccccc1)C(=O)C1C(c2cccc(NC(=O)c3ccc(F)cc3)c2)OC(=O)N1Cc1cccc(Cl)c1. The Balaban J connectivity index is 1.43. The monoisotopic (exact) mass is 571 g/mol. The lowest BCUT2D eigenvalue weighted by atomic mass is 9.99. The van der Waals surface area contributed by atoms with Gasteiger partial charge < -0.3 is 15.0 Å². The van der Waals surface area contributed by atoms with Gasteiger partial charge in [0, 0.05) is 29.9 Å². The third kappa shape index (κ3) is 6.56. The fourth-order valence-electron chi connectivity index (χ4n) is 4.78. The average molecular weight is 572 g/mol. The fraction of sp³-hybridized carbons (Fsp3) is 0.156. The lowest BCUT2D eigenvalue weighted by Gasteiger charge is -2.28. The zero-order chi connectivity index (χ0) is 28.9. The van der Waals surface area contributed by atoms with Gasteiger partial charge in [-0.2, -0.15) is 0 Å². The summed E-state index contributed by atoms with van der Waals surface area (Å²) in [4.78, 5) is 42.9. The number of amides is 3. The van der Waals surface area contributed by atoms with Crippen LogP contribution in [0.2, 0.25) is 5.02 Å². The molecule has 3 amide bonds. The van der Waals surface area contributed by atoms with Gasteiger partial charge in [-0.1, -0.05) is 66.2 Å². The highest BCUT2D eigenvalue weighted by atomic mass is 35.5. The highest BCUT2D eigenvalue weighted by molar-refractivity contribution is 6.30. The molecule has 0 aliphatic carbocycles. The molecule has 1 heterocycles. The van der Waals surface area contributed by atoms with E-state index in [4.69, 9.17) is 16.3 Å². The molecule has 1 fully saturated rings. The summed E-state index contributed by atoms with van der Waals surface area (Å²) in [6, 6.07) is 27.6. The molecule has 2 atom stereocenters. The van der Waals surface area contributed by atoms with Crippen molar-refractivity contribution >= 4 is 35.2 Å². The largest absolute Gasteiger partial charge is 0.438 e. The van der Waals surface area contributed by atoms with Crippen LogP contribution in [0.4, 0.5) is 14.9 Å². The van der Waals surface area contributed by atoms with Crippen molar-refractivity contribution in [2.75, 3.05) is 12.4 Å². The van der Waals surface area contributed by atoms with E-state index in [1.165, 1.54) is 29.2 Å². The molecule has 0 radical (unpaired) electrons. The Morgan fingerprint density at radius 2 is 1.63 bits per heavy atom. The molecule has 0 bridgehead atoms. The average Bonchev–Trinajstić information content (AvgIpc) is 3.29. The summed E-state index contributed by atoms with van der Waals surface area (Å²) in [6.45, 7) is 0.461. The Labute approximate surface area is 242 Å². The van der Waals surface area contributed by atoms with E-state index in [0.29, 0.717) is 22.8 Å². The molecule has 1 N–H and O–H groups in total. The summed E-state index contributed by atoms with van der Waals surface area (Å²) in [5, 5.41) is 3.30. The van der Waals surface area contributed by atoms with Crippen molar-refractivity contribution < 1.29 is 23.5 Å². The predicted octanol–water partition coefficient (Wildman–Crippen LogP) is 6.45. The molecule has 4 aromatic carbocycles. The number of likely N-dealkylation sites (N-methyl/N-ethyl adjacent to an activating group) is 1. The lowest BCUT2D eigenvalue weighted by molar-refractivity contribution is -0.136. The Morgan fingerprint density at radius 1 is 0.927 bits per heavy atom. The summed E-state index contributed by atoms with van der Waals surface area (Å²) < 4.78 is 19.1. The normalized spacial score (nSPS) is 16.3. The van der Waals surface area contributed by atoms with Crippen molar-refractivity contribution in [1.29, 1.82) is 0 Å². The van der Waals surface area contributed by atoms with Crippen LogP contribution in [0.5, 0.6) is 0 Å². The summed E-state index contributed by atoms with van der Waals surface area (Å²) in [7, 11) is 1.69. The molecular formula is C32H27ClFN3O4. The smallest absolute Gasteiger partial charge is 0.411 e. The molecule has 1 aliphatic heterocycles. The van der Waals surface area contributed by atoms with Gasteiger partial charge in [-0.05, 0) is 65.2 Å². The van der Waals surface area contributed by atoms with Crippen LogP contribution in [-0.4, -0.2) is 40.8 Å². The van der Waals surface area contributed by atoms with Crippen LogP contribution in [0, 0.1) is 5.82 Å². The molecular weight excluding hydrogens is 545 g/mol. The van der Waals surface area contributed by atoms with E-state index in [9.17, 15) is 18.8 Å². The van der Waals surface area contributed by atoms with Crippen LogP contribution in [0.3, 0.4) is 0 Å². The number of benzene rings is 4. The van der Waals surface area contributed by atoms with Gasteiger partial charge in [0.25, 0.3) is 5.91 Å². The standard InChI is InChI=1S/C32H27ClFN3O4/c1-36(19-21-7-3-2-4-8-21)31(39)28-29(41-32(40)37(28)20-22-9-5-11-25(33)17-22)24-10-6-12-27(18-24)35-30(38)23-13-15-26(34)16-14-23/h2-18,28-29H,19-20H2,1H3,(H,35,38). The first-order valence-corrected chi connectivity index (χ1v) is 13.3. The highest BCUT2D eigenvalue weighted by Crippen LogP contribution is 2.36. The topological polar surface area (TPSA) is 79.0 Å². The van der Waals surface area contributed by atoms with Crippen molar-refractivity contribution in [2.24, 2.45) is 0 Å². The van der Waals surface area contributed by atoms with Gasteiger partial charge in [0.15, 0.2) is 12.1 Å². The Hall–Kier alpha value is -4.69. The summed E-state index contributed by atoms with van der Waals surface area (Å²) in [6.07, 6.45) is -1.57. The summed E-state index contributed by atoms with van der Waals surface area (Å²) in [5.41, 5.74) is 2.95. The van der Waals surface area contributed by atoms with Gasteiger partial charge in [-0.15, -0.1) is 0 Å². The maximum Gasteiger partial charge on any atom is 0.411 e. The molecule has 4 aromatic rings. The number of anilines is 1. The fourth-order valence-corrected chi connectivity index (χ4v) is 5.00. The van der Waals surface area contributed by atoms with Gasteiger partial charge in [0.2, 0.25) is 5.91 Å². The number of rotatable bonds is 8. The number of hydrogen-bond acceptors (Lipinski definition) is 4. The van der Waals surface area contributed by atoms with Crippen LogP contribution >= 0.6 is 11.6 Å². The number of cyclic esters (lactones) is 1. The number of nitrogens with zero attached hydrogens (tertiary/aromatic N) is 2. The Morgan fingerprint density at radius 3 is 2.37 bits per heavy atom. The van der Waals surface area contributed by atoms with Crippen LogP contribution in [0.25, 0.3) is 0 Å². The molecule has 0 aromatic heterocycles. The molecule has 1 aliphatic rings.